The fourth-order valence-corrected chi connectivity index (χ4v) is 5.86. The Kier molecular flexibility index (Phi) is 4.79. The number of thioether (sulfide) groups is 1. The topological polar surface area (TPSA) is 106 Å². The quantitative estimate of drug-likeness (QED) is 0.558. The Balaban J connectivity index is 1.62. The van der Waals surface area contributed by atoms with Crippen LogP contribution < -0.4 is 4.72 Å². The summed E-state index contributed by atoms with van der Waals surface area (Å²) in [5, 5.41) is 5.94. The molecule has 0 saturated carbocycles. The predicted molar refractivity (Wildman–Crippen MR) is 113 cm³/mol. The number of sulfonamides is 1. The van der Waals surface area contributed by atoms with Crippen molar-refractivity contribution in [1.29, 1.82) is 0 Å². The van der Waals surface area contributed by atoms with Crippen LogP contribution in [0.1, 0.15) is 20.8 Å². The van der Waals surface area contributed by atoms with Crippen LogP contribution in [0.4, 0.5) is 10.5 Å². The molecule has 2 aromatic rings. The molecule has 2 aliphatic heterocycles. The number of halogens is 1. The molecule has 9 nitrogen and oxygen atoms in total. The van der Waals surface area contributed by atoms with Gasteiger partial charge in [-0.15, -0.1) is 0 Å². The maximum atomic E-state index is 13.0. The Morgan fingerprint density at radius 2 is 2.10 bits per heavy atom. The Hall–Kier alpha value is -2.24. The standard InChI is InChI=1S/C17H18ClN5O4S2/c1-17(2,3)27-16(24)23-12-8-11(5-4-10(12)9-19-23)21-29(25,26)14-13(18)20-15-22(14)6-7-28-15/h4-9,13-14,21H,1-3H3. The number of amidine groups is 1. The Labute approximate surface area is 176 Å². The van der Waals surface area contributed by atoms with Crippen LogP contribution in [0.25, 0.3) is 10.9 Å². The molecular formula is C17H18ClN5O4S2. The summed E-state index contributed by atoms with van der Waals surface area (Å²) in [6, 6.07) is 4.79. The summed E-state index contributed by atoms with van der Waals surface area (Å²) in [6.45, 7) is 5.26. The van der Waals surface area contributed by atoms with Crippen LogP contribution in [-0.2, 0) is 14.8 Å². The van der Waals surface area contributed by atoms with Crippen molar-refractivity contribution in [1.82, 2.24) is 14.7 Å². The normalized spacial score (nSPS) is 21.4. The number of carbonyl (C=O) groups excluding carboxylic acids is 1. The number of aliphatic imine (C=N–C) groups is 1. The average molecular weight is 456 g/mol. The molecule has 2 unspecified atom stereocenters. The number of carbonyl (C=O) groups is 1. The van der Waals surface area contributed by atoms with E-state index in [2.05, 4.69) is 14.8 Å². The van der Waals surface area contributed by atoms with Gasteiger partial charge >= 0.3 is 6.09 Å². The van der Waals surface area contributed by atoms with Gasteiger partial charge in [-0.3, -0.25) is 4.72 Å². The number of hydrogen-bond donors (Lipinski definition) is 1. The van der Waals surface area contributed by atoms with Gasteiger partial charge in [0.05, 0.1) is 17.4 Å². The number of benzene rings is 1. The van der Waals surface area contributed by atoms with Crippen molar-refractivity contribution in [2.75, 3.05) is 4.72 Å². The van der Waals surface area contributed by atoms with Crippen LogP contribution in [0.5, 0.6) is 0 Å². The molecule has 12 heteroatoms. The first kappa shape index (κ1) is 20.0. The molecule has 1 aromatic heterocycles. The van der Waals surface area contributed by atoms with Crippen molar-refractivity contribution < 1.29 is 17.9 Å². The first-order valence-electron chi connectivity index (χ1n) is 8.61. The number of nitrogens with zero attached hydrogens (tertiary/aromatic N) is 4. The number of aromatic nitrogens is 2. The highest BCUT2D eigenvalue weighted by molar-refractivity contribution is 8.16. The highest BCUT2D eigenvalue weighted by Crippen LogP contribution is 2.35. The Morgan fingerprint density at radius 1 is 1.34 bits per heavy atom. The van der Waals surface area contributed by atoms with Crippen molar-refractivity contribution in [2.45, 2.75) is 37.2 Å². The molecule has 0 saturated heterocycles. The lowest BCUT2D eigenvalue weighted by atomic mass is 10.2. The molecule has 3 heterocycles. The van der Waals surface area contributed by atoms with Gasteiger partial charge in [0.25, 0.3) is 10.0 Å². The van der Waals surface area contributed by atoms with Crippen molar-refractivity contribution in [2.24, 2.45) is 4.99 Å². The molecule has 0 radical (unpaired) electrons. The largest absolute Gasteiger partial charge is 0.442 e. The fraction of sp³-hybridized carbons (Fsp3) is 0.353. The van der Waals surface area contributed by atoms with E-state index in [1.54, 1.807) is 44.5 Å². The molecule has 4 rings (SSSR count). The monoisotopic (exact) mass is 455 g/mol. The average Bonchev–Trinajstić information content (AvgIpc) is 3.25. The van der Waals surface area contributed by atoms with E-state index < -0.39 is 32.6 Å². The maximum Gasteiger partial charge on any atom is 0.435 e. The molecule has 1 N–H and O–H groups in total. The fourth-order valence-electron chi connectivity index (χ4n) is 2.93. The highest BCUT2D eigenvalue weighted by atomic mass is 35.5. The third-order valence-corrected chi connectivity index (χ3v) is 6.99. The van der Waals surface area contributed by atoms with Gasteiger partial charge in [-0.25, -0.2) is 18.2 Å². The third-order valence-electron chi connectivity index (χ3n) is 4.07. The van der Waals surface area contributed by atoms with Crippen molar-refractivity contribution in [3.63, 3.8) is 0 Å². The van der Waals surface area contributed by atoms with Crippen molar-refractivity contribution >= 4 is 61.2 Å². The zero-order valence-corrected chi connectivity index (χ0v) is 18.1. The molecule has 0 spiro atoms. The van der Waals surface area contributed by atoms with Crippen molar-refractivity contribution in [3.8, 4) is 0 Å². The van der Waals surface area contributed by atoms with Gasteiger partial charge < -0.3 is 9.64 Å². The number of ether oxygens (including phenoxy) is 1. The number of anilines is 1. The number of alkyl halides is 1. The third kappa shape index (κ3) is 3.81. The number of rotatable bonds is 3. The summed E-state index contributed by atoms with van der Waals surface area (Å²) in [6.07, 6.45) is 2.49. The molecule has 1 aromatic carbocycles. The highest BCUT2D eigenvalue weighted by Gasteiger charge is 2.45. The minimum Gasteiger partial charge on any atom is -0.442 e. The molecular weight excluding hydrogens is 438 g/mol. The van der Waals surface area contributed by atoms with Crippen LogP contribution in [0.2, 0.25) is 0 Å². The molecule has 0 bridgehead atoms. The summed E-state index contributed by atoms with van der Waals surface area (Å²) >= 11 is 7.48. The van der Waals surface area contributed by atoms with E-state index in [0.717, 1.165) is 4.68 Å². The van der Waals surface area contributed by atoms with E-state index in [1.165, 1.54) is 28.9 Å². The van der Waals surface area contributed by atoms with Crippen LogP contribution in [0.3, 0.4) is 0 Å². The zero-order chi connectivity index (χ0) is 21.0. The predicted octanol–water partition coefficient (Wildman–Crippen LogP) is 3.34. The van der Waals surface area contributed by atoms with Gasteiger partial charge in [0.2, 0.25) is 0 Å². The number of hydrogen-bond acceptors (Lipinski definition) is 8. The van der Waals surface area contributed by atoms with Crippen LogP contribution in [-0.4, -0.2) is 50.8 Å². The number of nitrogens with one attached hydrogen (secondary N) is 1. The van der Waals surface area contributed by atoms with E-state index in [0.29, 0.717) is 16.1 Å². The molecule has 0 aliphatic carbocycles. The Bertz CT molecular complexity index is 1150. The molecule has 2 atom stereocenters. The molecule has 154 valence electrons. The van der Waals surface area contributed by atoms with Gasteiger partial charge in [-0.05, 0) is 44.4 Å². The SMILES string of the molecule is CC(C)(C)OC(=O)n1ncc2ccc(NS(=O)(=O)C3C(Cl)N=C4SC=CN43)cc21. The lowest BCUT2D eigenvalue weighted by molar-refractivity contribution is 0.0523. The summed E-state index contributed by atoms with van der Waals surface area (Å²) in [5.41, 5.74) is -0.931. The van der Waals surface area contributed by atoms with Gasteiger partial charge in [0.1, 0.15) is 5.60 Å². The van der Waals surface area contributed by atoms with E-state index in [-0.39, 0.29) is 5.69 Å². The van der Waals surface area contributed by atoms with E-state index in [4.69, 9.17) is 16.3 Å². The van der Waals surface area contributed by atoms with E-state index >= 15 is 0 Å². The maximum absolute atomic E-state index is 13.0. The van der Waals surface area contributed by atoms with Gasteiger partial charge in [0, 0.05) is 11.6 Å². The Morgan fingerprint density at radius 3 is 2.83 bits per heavy atom. The summed E-state index contributed by atoms with van der Waals surface area (Å²) < 4.78 is 34.9. The summed E-state index contributed by atoms with van der Waals surface area (Å²) in [7, 11) is -3.91. The minimum absolute atomic E-state index is 0.274. The van der Waals surface area contributed by atoms with Gasteiger partial charge in [-0.1, -0.05) is 23.4 Å². The summed E-state index contributed by atoms with van der Waals surface area (Å²) in [4.78, 5) is 18.1. The second-order valence-electron chi connectivity index (χ2n) is 7.44. The second kappa shape index (κ2) is 6.92. The molecule has 29 heavy (non-hydrogen) atoms. The van der Waals surface area contributed by atoms with Crippen LogP contribution in [0, 0.1) is 0 Å². The second-order valence-corrected chi connectivity index (χ2v) is 10.5. The molecule has 2 aliphatic rings. The van der Waals surface area contributed by atoms with Gasteiger partial charge in [-0.2, -0.15) is 9.78 Å². The van der Waals surface area contributed by atoms with Crippen molar-refractivity contribution in [3.05, 3.63) is 36.0 Å². The van der Waals surface area contributed by atoms with E-state index in [9.17, 15) is 13.2 Å². The van der Waals surface area contributed by atoms with Crippen LogP contribution >= 0.6 is 23.4 Å². The molecule has 0 fully saturated rings. The minimum atomic E-state index is -3.91. The zero-order valence-electron chi connectivity index (χ0n) is 15.7. The smallest absolute Gasteiger partial charge is 0.435 e. The van der Waals surface area contributed by atoms with Crippen LogP contribution in [0.15, 0.2) is 41.0 Å². The first-order valence-corrected chi connectivity index (χ1v) is 11.5. The number of fused-ring (bicyclic) bond motifs is 2. The first-order chi connectivity index (χ1) is 13.5. The van der Waals surface area contributed by atoms with Gasteiger partial charge in [0.15, 0.2) is 16.0 Å². The van der Waals surface area contributed by atoms with E-state index in [1.807, 2.05) is 0 Å². The lowest BCUT2D eigenvalue weighted by Crippen LogP contribution is -2.42. The lowest BCUT2D eigenvalue weighted by Gasteiger charge is -2.23. The molecule has 0 amide bonds. The summed E-state index contributed by atoms with van der Waals surface area (Å²) in [5.74, 6) is 0.